The van der Waals surface area contributed by atoms with Gasteiger partial charge in [0.05, 0.1) is 20.5 Å². The molecule has 2 nitrogen and oxygen atoms in total. The van der Waals surface area contributed by atoms with Crippen LogP contribution in [0.15, 0.2) is 42.0 Å². The molecule has 0 saturated heterocycles. The highest BCUT2D eigenvalue weighted by molar-refractivity contribution is 7.13. The molecule has 17 heavy (non-hydrogen) atoms. The first kappa shape index (κ1) is 11.7. The van der Waals surface area contributed by atoms with E-state index in [-0.39, 0.29) is 0 Å². The number of rotatable bonds is 4. The molecule has 88 valence electrons. The summed E-state index contributed by atoms with van der Waals surface area (Å²) in [6.45, 7) is 0. The monoisotopic (exact) mass is 246 g/mol. The zero-order valence-corrected chi connectivity index (χ0v) is 10.7. The van der Waals surface area contributed by atoms with Crippen LogP contribution in [0.2, 0.25) is 0 Å². The second-order valence-corrected chi connectivity index (χ2v) is 4.42. The van der Waals surface area contributed by atoms with Gasteiger partial charge in [-0.3, -0.25) is 0 Å². The topological polar surface area (TPSA) is 18.5 Å². The standard InChI is InChI=1S/C14H14O2S/c1-15-8-7-11-10-12(5-6-13(11)16-2)14-4-3-9-17-14/h3-10H,1-2H3. The Balaban J connectivity index is 2.41. The van der Waals surface area contributed by atoms with E-state index in [1.165, 1.54) is 10.4 Å². The number of ether oxygens (including phenoxy) is 2. The number of hydrogen-bond acceptors (Lipinski definition) is 3. The summed E-state index contributed by atoms with van der Waals surface area (Å²) in [7, 11) is 3.30. The van der Waals surface area contributed by atoms with Crippen molar-refractivity contribution in [2.24, 2.45) is 0 Å². The molecule has 1 aromatic heterocycles. The van der Waals surface area contributed by atoms with Crippen molar-refractivity contribution in [3.63, 3.8) is 0 Å². The summed E-state index contributed by atoms with van der Waals surface area (Å²) >= 11 is 1.73. The Morgan fingerprint density at radius 3 is 2.71 bits per heavy atom. The van der Waals surface area contributed by atoms with Gasteiger partial charge in [-0.25, -0.2) is 0 Å². The molecule has 2 aromatic rings. The molecule has 0 aliphatic carbocycles. The van der Waals surface area contributed by atoms with Crippen LogP contribution in [0.4, 0.5) is 0 Å². The van der Waals surface area contributed by atoms with Gasteiger partial charge in [-0.05, 0) is 41.3 Å². The fourth-order valence-electron chi connectivity index (χ4n) is 1.60. The predicted molar refractivity (Wildman–Crippen MR) is 72.4 cm³/mol. The summed E-state index contributed by atoms with van der Waals surface area (Å²) < 4.78 is 10.3. The molecule has 1 aromatic carbocycles. The van der Waals surface area contributed by atoms with E-state index < -0.39 is 0 Å². The van der Waals surface area contributed by atoms with E-state index in [0.717, 1.165) is 11.3 Å². The molecule has 2 rings (SSSR count). The molecule has 0 amide bonds. The minimum Gasteiger partial charge on any atom is -0.504 e. The van der Waals surface area contributed by atoms with Crippen molar-refractivity contribution in [2.75, 3.05) is 14.2 Å². The fraction of sp³-hybridized carbons (Fsp3) is 0.143. The lowest BCUT2D eigenvalue weighted by atomic mass is 10.1. The normalized spacial score (nSPS) is 10.7. The maximum Gasteiger partial charge on any atom is 0.126 e. The van der Waals surface area contributed by atoms with Crippen molar-refractivity contribution in [1.82, 2.24) is 0 Å². The average Bonchev–Trinajstić information content (AvgIpc) is 2.89. The lowest BCUT2D eigenvalue weighted by Crippen LogP contribution is -1.87. The summed E-state index contributed by atoms with van der Waals surface area (Å²) in [5.41, 5.74) is 2.21. The average molecular weight is 246 g/mol. The van der Waals surface area contributed by atoms with E-state index in [1.54, 1.807) is 31.8 Å². The summed E-state index contributed by atoms with van der Waals surface area (Å²) in [4.78, 5) is 1.25. The number of methoxy groups -OCH3 is 2. The third-order valence-electron chi connectivity index (χ3n) is 2.42. The van der Waals surface area contributed by atoms with Crippen LogP contribution in [0.1, 0.15) is 5.56 Å². The highest BCUT2D eigenvalue weighted by Gasteiger charge is 2.04. The molecule has 0 atom stereocenters. The quantitative estimate of drug-likeness (QED) is 0.758. The Morgan fingerprint density at radius 2 is 2.06 bits per heavy atom. The van der Waals surface area contributed by atoms with Crippen LogP contribution in [0, 0.1) is 0 Å². The first-order valence-corrected chi connectivity index (χ1v) is 6.14. The van der Waals surface area contributed by atoms with Crippen molar-refractivity contribution >= 4 is 17.4 Å². The van der Waals surface area contributed by atoms with Gasteiger partial charge in [0.2, 0.25) is 0 Å². The number of hydrogen-bond donors (Lipinski definition) is 0. The van der Waals surface area contributed by atoms with E-state index in [2.05, 4.69) is 29.6 Å². The first-order chi connectivity index (χ1) is 8.35. The van der Waals surface area contributed by atoms with E-state index >= 15 is 0 Å². The Hall–Kier alpha value is -1.74. The van der Waals surface area contributed by atoms with Crippen molar-refractivity contribution in [3.05, 3.63) is 47.5 Å². The summed E-state index contributed by atoms with van der Waals surface area (Å²) in [6, 6.07) is 10.3. The third kappa shape index (κ3) is 2.68. The van der Waals surface area contributed by atoms with Gasteiger partial charge in [0.15, 0.2) is 0 Å². The lowest BCUT2D eigenvalue weighted by Gasteiger charge is -2.06. The molecule has 0 bridgehead atoms. The third-order valence-corrected chi connectivity index (χ3v) is 3.34. The molecule has 1 heterocycles. The molecule has 0 aliphatic rings. The Bertz CT molecular complexity index is 501. The smallest absolute Gasteiger partial charge is 0.126 e. The van der Waals surface area contributed by atoms with Gasteiger partial charge in [-0.2, -0.15) is 0 Å². The van der Waals surface area contributed by atoms with Gasteiger partial charge >= 0.3 is 0 Å². The second-order valence-electron chi connectivity index (χ2n) is 3.47. The minimum atomic E-state index is 0.846. The van der Waals surface area contributed by atoms with Gasteiger partial charge in [0.25, 0.3) is 0 Å². The molecule has 0 radical (unpaired) electrons. The Kier molecular flexibility index (Phi) is 3.83. The van der Waals surface area contributed by atoms with Crippen LogP contribution >= 0.6 is 11.3 Å². The molecule has 3 heteroatoms. The van der Waals surface area contributed by atoms with Gasteiger partial charge in [-0.1, -0.05) is 6.07 Å². The van der Waals surface area contributed by atoms with E-state index in [4.69, 9.17) is 9.47 Å². The molecule has 0 N–H and O–H groups in total. The zero-order chi connectivity index (χ0) is 12.1. The van der Waals surface area contributed by atoms with E-state index in [9.17, 15) is 0 Å². The van der Waals surface area contributed by atoms with Gasteiger partial charge in [0.1, 0.15) is 5.75 Å². The van der Waals surface area contributed by atoms with Crippen molar-refractivity contribution in [3.8, 4) is 16.2 Å². The largest absolute Gasteiger partial charge is 0.504 e. The minimum absolute atomic E-state index is 0.846. The SMILES string of the molecule is COC=Cc1cc(-c2cccs2)ccc1OC. The first-order valence-electron chi connectivity index (χ1n) is 5.26. The molecule has 0 unspecified atom stereocenters. The number of thiophene rings is 1. The molecule has 0 spiro atoms. The number of benzene rings is 1. The fourth-order valence-corrected chi connectivity index (χ4v) is 2.33. The Morgan fingerprint density at radius 1 is 1.18 bits per heavy atom. The van der Waals surface area contributed by atoms with Gasteiger partial charge < -0.3 is 9.47 Å². The molecule has 0 fully saturated rings. The second kappa shape index (κ2) is 5.55. The van der Waals surface area contributed by atoms with Crippen LogP contribution in [-0.4, -0.2) is 14.2 Å². The van der Waals surface area contributed by atoms with Crippen molar-refractivity contribution in [1.29, 1.82) is 0 Å². The van der Waals surface area contributed by atoms with Crippen LogP contribution in [0.3, 0.4) is 0 Å². The van der Waals surface area contributed by atoms with Crippen molar-refractivity contribution < 1.29 is 9.47 Å². The van der Waals surface area contributed by atoms with Crippen LogP contribution in [0.25, 0.3) is 16.5 Å². The maximum atomic E-state index is 5.31. The summed E-state index contributed by atoms with van der Waals surface area (Å²) in [6.07, 6.45) is 3.55. The van der Waals surface area contributed by atoms with Crippen LogP contribution in [-0.2, 0) is 4.74 Å². The van der Waals surface area contributed by atoms with E-state index in [1.807, 2.05) is 12.1 Å². The van der Waals surface area contributed by atoms with Gasteiger partial charge in [-0.15, -0.1) is 11.3 Å². The highest BCUT2D eigenvalue weighted by atomic mass is 32.1. The summed E-state index contributed by atoms with van der Waals surface area (Å²) in [5.74, 6) is 0.846. The molecular weight excluding hydrogens is 232 g/mol. The highest BCUT2D eigenvalue weighted by Crippen LogP contribution is 2.30. The predicted octanol–water partition coefficient (Wildman–Crippen LogP) is 4.04. The molecular formula is C14H14O2S. The zero-order valence-electron chi connectivity index (χ0n) is 9.84. The van der Waals surface area contributed by atoms with E-state index in [0.29, 0.717) is 0 Å². The lowest BCUT2D eigenvalue weighted by molar-refractivity contribution is 0.341. The van der Waals surface area contributed by atoms with Crippen LogP contribution < -0.4 is 4.74 Å². The maximum absolute atomic E-state index is 5.31. The van der Waals surface area contributed by atoms with Crippen LogP contribution in [0.5, 0.6) is 5.75 Å². The summed E-state index contributed by atoms with van der Waals surface area (Å²) in [5, 5.41) is 2.07. The Labute approximate surface area is 105 Å². The molecule has 0 aliphatic heterocycles. The molecule has 0 saturated carbocycles. The van der Waals surface area contributed by atoms with Crippen molar-refractivity contribution in [2.45, 2.75) is 0 Å². The van der Waals surface area contributed by atoms with Gasteiger partial charge in [0, 0.05) is 10.4 Å².